The van der Waals surface area contributed by atoms with Crippen LogP contribution >= 0.6 is 0 Å². The maximum Gasteiger partial charge on any atom is 0.225 e. The average molecular weight is 377 g/mol. The lowest BCUT2D eigenvalue weighted by molar-refractivity contribution is -0.138. The summed E-state index contributed by atoms with van der Waals surface area (Å²) in [7, 11) is 0. The third kappa shape index (κ3) is 3.96. The van der Waals surface area contributed by atoms with Gasteiger partial charge in [-0.1, -0.05) is 60.5 Å². The predicted octanol–water partition coefficient (Wildman–Crippen LogP) is 3.58. The van der Waals surface area contributed by atoms with E-state index in [0.717, 1.165) is 36.0 Å². The average Bonchev–Trinajstić information content (AvgIpc) is 2.83. The molecule has 2 aromatic rings. The number of carbonyl (C=O) groups is 2. The number of nitrogens with zero attached hydrogens (tertiary/aromatic N) is 1. The summed E-state index contributed by atoms with van der Waals surface area (Å²) in [5, 5.41) is 3.01. The van der Waals surface area contributed by atoms with E-state index in [2.05, 4.69) is 48.6 Å². The van der Waals surface area contributed by atoms with Crippen molar-refractivity contribution in [3.05, 3.63) is 59.7 Å². The van der Waals surface area contributed by atoms with Crippen LogP contribution in [0.4, 0.5) is 0 Å². The van der Waals surface area contributed by atoms with E-state index in [1.165, 1.54) is 5.56 Å². The van der Waals surface area contributed by atoms with Crippen LogP contribution in [0.15, 0.2) is 48.5 Å². The van der Waals surface area contributed by atoms with Crippen molar-refractivity contribution in [2.75, 3.05) is 19.6 Å². The van der Waals surface area contributed by atoms with E-state index in [1.54, 1.807) is 0 Å². The highest BCUT2D eigenvalue weighted by Gasteiger charge is 2.33. The first-order chi connectivity index (χ1) is 13.6. The minimum atomic E-state index is -0.210. The zero-order valence-corrected chi connectivity index (χ0v) is 16.5. The van der Waals surface area contributed by atoms with Gasteiger partial charge in [0.1, 0.15) is 0 Å². The number of hydrogen-bond acceptors (Lipinski definition) is 2. The minimum absolute atomic E-state index is 0.0580. The third-order valence-corrected chi connectivity index (χ3v) is 6.10. The van der Waals surface area contributed by atoms with Gasteiger partial charge in [0.25, 0.3) is 0 Å². The molecule has 0 bridgehead atoms. The molecule has 28 heavy (non-hydrogen) atoms. The minimum Gasteiger partial charge on any atom is -0.354 e. The number of hydrogen-bond donors (Lipinski definition) is 1. The molecule has 0 unspecified atom stereocenters. The van der Waals surface area contributed by atoms with Crippen molar-refractivity contribution in [1.29, 1.82) is 0 Å². The number of rotatable bonds is 4. The summed E-state index contributed by atoms with van der Waals surface area (Å²) < 4.78 is 0. The van der Waals surface area contributed by atoms with Gasteiger partial charge in [0.2, 0.25) is 11.8 Å². The second-order valence-corrected chi connectivity index (χ2v) is 8.13. The quantitative estimate of drug-likeness (QED) is 0.887. The van der Waals surface area contributed by atoms with E-state index in [-0.39, 0.29) is 23.7 Å². The fraction of sp³-hybridized carbons (Fsp3) is 0.417. The second kappa shape index (κ2) is 8.17. The number of carbonyl (C=O) groups excluding carboxylic acids is 2. The highest BCUT2D eigenvalue weighted by Crippen LogP contribution is 2.30. The maximum absolute atomic E-state index is 12.7. The Labute approximate surface area is 166 Å². The Kier molecular flexibility index (Phi) is 5.47. The van der Waals surface area contributed by atoms with Crippen molar-refractivity contribution in [2.24, 2.45) is 11.8 Å². The van der Waals surface area contributed by atoms with Gasteiger partial charge in [-0.2, -0.15) is 0 Å². The van der Waals surface area contributed by atoms with Crippen molar-refractivity contribution >= 4 is 11.8 Å². The second-order valence-electron chi connectivity index (χ2n) is 8.13. The Morgan fingerprint density at radius 2 is 1.86 bits per heavy atom. The number of nitrogens with one attached hydrogen (secondary N) is 1. The van der Waals surface area contributed by atoms with Crippen molar-refractivity contribution in [3.8, 4) is 11.1 Å². The molecule has 1 aliphatic carbocycles. The summed E-state index contributed by atoms with van der Waals surface area (Å²) in [6, 6.07) is 16.8. The Morgan fingerprint density at radius 1 is 1.11 bits per heavy atom. The molecule has 1 N–H and O–H groups in total. The van der Waals surface area contributed by atoms with Gasteiger partial charge >= 0.3 is 0 Å². The summed E-state index contributed by atoms with van der Waals surface area (Å²) in [6.45, 7) is 3.77. The molecule has 2 amide bonds. The summed E-state index contributed by atoms with van der Waals surface area (Å²) in [6.07, 6.45) is 3.79. The van der Waals surface area contributed by atoms with E-state index in [4.69, 9.17) is 0 Å². The van der Waals surface area contributed by atoms with Crippen LogP contribution in [-0.2, 0) is 16.0 Å². The summed E-state index contributed by atoms with van der Waals surface area (Å²) in [4.78, 5) is 27.3. The Hall–Kier alpha value is -2.62. The molecular weight excluding hydrogens is 348 g/mol. The maximum atomic E-state index is 12.7. The Bertz CT molecular complexity index is 855. The van der Waals surface area contributed by atoms with Gasteiger partial charge in [-0.25, -0.2) is 0 Å². The zero-order chi connectivity index (χ0) is 19.5. The van der Waals surface area contributed by atoms with Crippen molar-refractivity contribution in [2.45, 2.75) is 32.6 Å². The Morgan fingerprint density at radius 3 is 2.57 bits per heavy atom. The number of aryl methyl sites for hydroxylation is 1. The van der Waals surface area contributed by atoms with Gasteiger partial charge < -0.3 is 10.2 Å². The van der Waals surface area contributed by atoms with Crippen LogP contribution in [0.1, 0.15) is 30.4 Å². The first-order valence-corrected chi connectivity index (χ1v) is 10.3. The normalized spacial score (nSPS) is 20.2. The monoisotopic (exact) mass is 376 g/mol. The molecule has 146 valence electrons. The zero-order valence-electron chi connectivity index (χ0n) is 16.5. The van der Waals surface area contributed by atoms with Gasteiger partial charge in [0, 0.05) is 25.6 Å². The van der Waals surface area contributed by atoms with Gasteiger partial charge in [-0.05, 0) is 42.9 Å². The van der Waals surface area contributed by atoms with E-state index < -0.39 is 0 Å². The van der Waals surface area contributed by atoms with Gasteiger partial charge in [0.15, 0.2) is 0 Å². The van der Waals surface area contributed by atoms with Crippen LogP contribution in [0.25, 0.3) is 11.1 Å². The van der Waals surface area contributed by atoms with Crippen molar-refractivity contribution in [3.63, 3.8) is 0 Å². The van der Waals surface area contributed by atoms with E-state index in [9.17, 15) is 9.59 Å². The molecule has 2 aromatic carbocycles. The van der Waals surface area contributed by atoms with Gasteiger partial charge in [0.05, 0.1) is 5.92 Å². The molecule has 1 saturated heterocycles. The highest BCUT2D eigenvalue weighted by atomic mass is 16.2. The first kappa shape index (κ1) is 18.7. The topological polar surface area (TPSA) is 49.4 Å². The molecule has 4 nitrogen and oxygen atoms in total. The molecule has 0 aromatic heterocycles. The Balaban J connectivity index is 1.56. The van der Waals surface area contributed by atoms with Crippen LogP contribution in [-0.4, -0.2) is 36.3 Å². The predicted molar refractivity (Wildman–Crippen MR) is 111 cm³/mol. The molecule has 4 heteroatoms. The molecule has 1 saturated carbocycles. The fourth-order valence-corrected chi connectivity index (χ4v) is 4.15. The molecule has 2 aliphatic rings. The fourth-order valence-electron chi connectivity index (χ4n) is 4.15. The molecule has 0 radical (unpaired) electrons. The molecule has 1 atom stereocenters. The van der Waals surface area contributed by atoms with Crippen LogP contribution in [0.2, 0.25) is 0 Å². The van der Waals surface area contributed by atoms with Crippen LogP contribution < -0.4 is 5.32 Å². The summed E-state index contributed by atoms with van der Waals surface area (Å²) >= 11 is 0. The van der Waals surface area contributed by atoms with E-state index in [1.807, 2.05) is 17.0 Å². The smallest absolute Gasteiger partial charge is 0.225 e. The summed E-state index contributed by atoms with van der Waals surface area (Å²) in [5.74, 6) is 0.258. The largest absolute Gasteiger partial charge is 0.354 e. The van der Waals surface area contributed by atoms with Crippen molar-refractivity contribution < 1.29 is 9.59 Å². The molecule has 2 fully saturated rings. The van der Waals surface area contributed by atoms with Crippen LogP contribution in [0.5, 0.6) is 0 Å². The van der Waals surface area contributed by atoms with E-state index >= 15 is 0 Å². The molecule has 1 aliphatic heterocycles. The first-order valence-electron chi connectivity index (χ1n) is 10.3. The standard InChI is InChI=1S/C24H28N2O2/c1-17-9-11-18(12-10-17)22-8-3-2-5-20(22)15-21-16-26(14-13-25-23(21)27)24(28)19-6-4-7-19/h2-3,5,8-12,19,21H,4,6-7,13-16H2,1H3,(H,25,27)/t21-/m0/s1. The van der Waals surface area contributed by atoms with Crippen LogP contribution in [0.3, 0.4) is 0 Å². The number of amides is 2. The lowest BCUT2D eigenvalue weighted by Crippen LogP contribution is -2.42. The van der Waals surface area contributed by atoms with Crippen LogP contribution in [0, 0.1) is 18.8 Å². The summed E-state index contributed by atoms with van der Waals surface area (Å²) in [5.41, 5.74) is 4.72. The molecule has 4 rings (SSSR count). The molecular formula is C24H28N2O2. The van der Waals surface area contributed by atoms with Gasteiger partial charge in [-0.15, -0.1) is 0 Å². The molecule has 1 heterocycles. The lowest BCUT2D eigenvalue weighted by atomic mass is 9.84. The van der Waals surface area contributed by atoms with Gasteiger partial charge in [-0.3, -0.25) is 9.59 Å². The lowest BCUT2D eigenvalue weighted by Gasteiger charge is -2.32. The van der Waals surface area contributed by atoms with Crippen molar-refractivity contribution in [1.82, 2.24) is 10.2 Å². The number of benzene rings is 2. The highest BCUT2D eigenvalue weighted by molar-refractivity contribution is 5.83. The van der Waals surface area contributed by atoms with E-state index in [0.29, 0.717) is 26.1 Å². The third-order valence-electron chi connectivity index (χ3n) is 6.10. The SMILES string of the molecule is Cc1ccc(-c2ccccc2C[C@H]2CN(C(=O)C3CCC3)CCNC2=O)cc1. The molecule has 0 spiro atoms.